The molecule has 11 heavy (non-hydrogen) atoms. The highest BCUT2D eigenvalue weighted by Crippen LogP contribution is 2.35. The van der Waals surface area contributed by atoms with E-state index in [1.807, 2.05) is 6.92 Å². The predicted molar refractivity (Wildman–Crippen MR) is 46.8 cm³/mol. The number of phenolic OH excluding ortho intramolecular Hbond substituents is 2. The van der Waals surface area contributed by atoms with Crippen LogP contribution in [0.2, 0.25) is 0 Å². The monoisotopic (exact) mass is 216 g/mol. The molecule has 0 aromatic heterocycles. The van der Waals surface area contributed by atoms with Crippen molar-refractivity contribution >= 4 is 15.9 Å². The Balaban J connectivity index is 3.25. The third-order valence-corrected chi connectivity index (χ3v) is 2.21. The maximum absolute atomic E-state index is 9.30. The van der Waals surface area contributed by atoms with E-state index in [-0.39, 0.29) is 11.5 Å². The molecule has 1 rings (SSSR count). The third kappa shape index (κ3) is 1.48. The number of hydrogen-bond acceptors (Lipinski definition) is 2. The van der Waals surface area contributed by atoms with Crippen LogP contribution in [0.3, 0.4) is 0 Å². The molecule has 3 heteroatoms. The molecule has 0 saturated heterocycles. The summed E-state index contributed by atoms with van der Waals surface area (Å²) in [6.45, 7) is 1.92. The van der Waals surface area contributed by atoms with Crippen molar-refractivity contribution in [3.63, 3.8) is 0 Å². The van der Waals surface area contributed by atoms with Crippen molar-refractivity contribution < 1.29 is 10.2 Å². The smallest absolute Gasteiger partial charge is 0.172 e. The number of halogens is 1. The quantitative estimate of drug-likeness (QED) is 0.709. The minimum Gasteiger partial charge on any atom is -0.504 e. The number of rotatable bonds is 1. The lowest BCUT2D eigenvalue weighted by Crippen LogP contribution is -1.81. The first-order valence-corrected chi connectivity index (χ1v) is 4.15. The summed E-state index contributed by atoms with van der Waals surface area (Å²) >= 11 is 3.10. The highest BCUT2D eigenvalue weighted by atomic mass is 79.9. The van der Waals surface area contributed by atoms with Gasteiger partial charge in [-0.15, -0.1) is 0 Å². The lowest BCUT2D eigenvalue weighted by Gasteiger charge is -2.04. The van der Waals surface area contributed by atoms with Gasteiger partial charge < -0.3 is 10.2 Å². The molecule has 60 valence electrons. The van der Waals surface area contributed by atoms with Gasteiger partial charge in [-0.1, -0.05) is 13.0 Å². The molecular formula is C8H9BrO2. The average molecular weight is 217 g/mol. The fourth-order valence-electron chi connectivity index (χ4n) is 0.882. The van der Waals surface area contributed by atoms with Crippen LogP contribution in [-0.4, -0.2) is 10.2 Å². The second-order valence-corrected chi connectivity index (χ2v) is 3.11. The van der Waals surface area contributed by atoms with Crippen LogP contribution in [0.15, 0.2) is 16.6 Å². The molecular weight excluding hydrogens is 208 g/mol. The Hall–Kier alpha value is -0.700. The topological polar surface area (TPSA) is 40.5 Å². The van der Waals surface area contributed by atoms with Gasteiger partial charge in [-0.05, 0) is 34.0 Å². The fourth-order valence-corrected chi connectivity index (χ4v) is 1.20. The van der Waals surface area contributed by atoms with Crippen LogP contribution in [0.25, 0.3) is 0 Å². The molecule has 0 heterocycles. The van der Waals surface area contributed by atoms with Crippen LogP contribution in [0, 0.1) is 0 Å². The molecule has 0 radical (unpaired) electrons. The number of hydrogen-bond donors (Lipinski definition) is 2. The highest BCUT2D eigenvalue weighted by Gasteiger charge is 2.07. The molecule has 1 aromatic rings. The molecule has 1 aromatic carbocycles. The van der Waals surface area contributed by atoms with Crippen LogP contribution in [-0.2, 0) is 6.42 Å². The van der Waals surface area contributed by atoms with Gasteiger partial charge in [-0.3, -0.25) is 0 Å². The van der Waals surface area contributed by atoms with E-state index in [2.05, 4.69) is 15.9 Å². The average Bonchev–Trinajstić information content (AvgIpc) is 2.01. The van der Waals surface area contributed by atoms with Crippen LogP contribution in [0.1, 0.15) is 12.5 Å². The maximum atomic E-state index is 9.30. The summed E-state index contributed by atoms with van der Waals surface area (Å²) in [6, 6.07) is 3.49. The maximum Gasteiger partial charge on any atom is 0.172 e. The van der Waals surface area contributed by atoms with Gasteiger partial charge in [-0.25, -0.2) is 0 Å². The Kier molecular flexibility index (Phi) is 2.39. The van der Waals surface area contributed by atoms with E-state index < -0.39 is 0 Å². The van der Waals surface area contributed by atoms with Crippen LogP contribution in [0.4, 0.5) is 0 Å². The predicted octanol–water partition coefficient (Wildman–Crippen LogP) is 2.42. The molecule has 0 bridgehead atoms. The van der Waals surface area contributed by atoms with Crippen molar-refractivity contribution in [1.29, 1.82) is 0 Å². The van der Waals surface area contributed by atoms with E-state index in [4.69, 9.17) is 0 Å². The lowest BCUT2D eigenvalue weighted by atomic mass is 10.1. The van der Waals surface area contributed by atoms with Gasteiger partial charge >= 0.3 is 0 Å². The Morgan fingerprint density at radius 3 is 2.45 bits per heavy atom. The first kappa shape index (κ1) is 8.40. The Labute approximate surface area is 73.6 Å². The molecule has 0 aliphatic rings. The number of phenols is 2. The summed E-state index contributed by atoms with van der Waals surface area (Å²) in [6.07, 6.45) is 0.715. The zero-order valence-corrected chi connectivity index (χ0v) is 7.72. The third-order valence-electron chi connectivity index (χ3n) is 1.57. The number of aromatic hydroxyl groups is 2. The summed E-state index contributed by atoms with van der Waals surface area (Å²) in [4.78, 5) is 0. The molecule has 0 saturated carbocycles. The van der Waals surface area contributed by atoms with Crippen molar-refractivity contribution in [2.75, 3.05) is 0 Å². The van der Waals surface area contributed by atoms with Crippen molar-refractivity contribution in [2.24, 2.45) is 0 Å². The largest absolute Gasteiger partial charge is 0.504 e. The van der Waals surface area contributed by atoms with Gasteiger partial charge in [0.15, 0.2) is 11.5 Å². The number of aryl methyl sites for hydroxylation is 1. The van der Waals surface area contributed by atoms with Crippen molar-refractivity contribution in [2.45, 2.75) is 13.3 Å². The summed E-state index contributed by atoms with van der Waals surface area (Å²) in [5.74, 6) is -0.105. The van der Waals surface area contributed by atoms with E-state index in [1.54, 1.807) is 12.1 Å². The minimum absolute atomic E-state index is 0.0260. The second-order valence-electron chi connectivity index (χ2n) is 2.26. The molecule has 0 spiro atoms. The van der Waals surface area contributed by atoms with E-state index in [9.17, 15) is 10.2 Å². The summed E-state index contributed by atoms with van der Waals surface area (Å²) in [5, 5.41) is 18.5. The fraction of sp³-hybridized carbons (Fsp3) is 0.250. The van der Waals surface area contributed by atoms with Gasteiger partial charge in [0, 0.05) is 0 Å². The normalized spacial score (nSPS) is 10.0. The zero-order chi connectivity index (χ0) is 8.43. The molecule has 0 unspecified atom stereocenters. The zero-order valence-electron chi connectivity index (χ0n) is 6.13. The Bertz CT molecular complexity index is 271. The van der Waals surface area contributed by atoms with Crippen molar-refractivity contribution in [1.82, 2.24) is 0 Å². The minimum atomic E-state index is -0.0793. The second kappa shape index (κ2) is 3.13. The molecule has 0 aliphatic heterocycles. The van der Waals surface area contributed by atoms with E-state index in [0.717, 1.165) is 5.56 Å². The first-order chi connectivity index (χ1) is 5.16. The van der Waals surface area contributed by atoms with Gasteiger partial charge in [0.1, 0.15) is 0 Å². The Morgan fingerprint density at radius 2 is 1.91 bits per heavy atom. The molecule has 2 N–H and O–H groups in total. The van der Waals surface area contributed by atoms with E-state index in [0.29, 0.717) is 10.9 Å². The summed E-state index contributed by atoms with van der Waals surface area (Å²) in [7, 11) is 0. The van der Waals surface area contributed by atoms with Gasteiger partial charge in [-0.2, -0.15) is 0 Å². The van der Waals surface area contributed by atoms with E-state index >= 15 is 0 Å². The van der Waals surface area contributed by atoms with Gasteiger partial charge in [0.25, 0.3) is 0 Å². The Morgan fingerprint density at radius 1 is 1.27 bits per heavy atom. The van der Waals surface area contributed by atoms with Crippen LogP contribution < -0.4 is 0 Å². The lowest BCUT2D eigenvalue weighted by molar-refractivity contribution is 0.397. The molecule has 0 fully saturated rings. The molecule has 0 amide bonds. The summed E-state index contributed by atoms with van der Waals surface area (Å²) < 4.78 is 0.521. The van der Waals surface area contributed by atoms with Crippen LogP contribution in [0.5, 0.6) is 11.5 Å². The SMILES string of the molecule is CCc1ccc(Br)c(O)c1O. The van der Waals surface area contributed by atoms with E-state index in [1.165, 1.54) is 0 Å². The van der Waals surface area contributed by atoms with Crippen molar-refractivity contribution in [3.05, 3.63) is 22.2 Å². The van der Waals surface area contributed by atoms with Gasteiger partial charge in [0.05, 0.1) is 4.47 Å². The first-order valence-electron chi connectivity index (χ1n) is 3.36. The molecule has 0 atom stereocenters. The highest BCUT2D eigenvalue weighted by molar-refractivity contribution is 9.10. The summed E-state index contributed by atoms with van der Waals surface area (Å²) in [5.41, 5.74) is 0.755. The molecule has 0 aliphatic carbocycles. The number of benzene rings is 1. The van der Waals surface area contributed by atoms with Crippen LogP contribution >= 0.6 is 15.9 Å². The molecule has 2 nitrogen and oxygen atoms in total. The standard InChI is InChI=1S/C8H9BrO2/c1-2-5-3-4-6(9)8(11)7(5)10/h3-4,10-11H,2H2,1H3. The van der Waals surface area contributed by atoms with Crippen molar-refractivity contribution in [3.8, 4) is 11.5 Å². The van der Waals surface area contributed by atoms with Gasteiger partial charge in [0.2, 0.25) is 0 Å².